The number of aromatic nitrogens is 2. The lowest BCUT2D eigenvalue weighted by Gasteiger charge is -2.17. The van der Waals surface area contributed by atoms with E-state index in [1.54, 1.807) is 12.3 Å². The minimum absolute atomic E-state index is 0.402. The Morgan fingerprint density at radius 2 is 2.22 bits per heavy atom. The number of nitrogens with two attached hydrogens (primary N) is 1. The van der Waals surface area contributed by atoms with Crippen LogP contribution in [0.5, 0.6) is 0 Å². The summed E-state index contributed by atoms with van der Waals surface area (Å²) in [6, 6.07) is 1.60. The molecular weight excluding hydrogens is 254 g/mol. The summed E-state index contributed by atoms with van der Waals surface area (Å²) < 4.78 is 24.1. The van der Waals surface area contributed by atoms with Gasteiger partial charge in [-0.3, -0.25) is 0 Å². The van der Waals surface area contributed by atoms with Gasteiger partial charge in [0.15, 0.2) is 0 Å². The zero-order valence-corrected chi connectivity index (χ0v) is 11.4. The van der Waals surface area contributed by atoms with E-state index in [0.29, 0.717) is 37.8 Å². The lowest BCUT2D eigenvalue weighted by atomic mass is 10.4. The van der Waals surface area contributed by atoms with Gasteiger partial charge in [0, 0.05) is 25.8 Å². The second-order valence-corrected chi connectivity index (χ2v) is 5.82. The molecule has 0 fully saturated rings. The van der Waals surface area contributed by atoms with Gasteiger partial charge in [0.05, 0.1) is 6.26 Å². The summed E-state index contributed by atoms with van der Waals surface area (Å²) in [7, 11) is -3.11. The molecule has 0 unspecified atom stereocenters. The molecule has 0 bridgehead atoms. The van der Waals surface area contributed by atoms with Crippen LogP contribution in [0, 0.1) is 0 Å². The van der Waals surface area contributed by atoms with E-state index < -0.39 is 10.0 Å². The van der Waals surface area contributed by atoms with E-state index in [0.717, 1.165) is 0 Å². The summed E-state index contributed by atoms with van der Waals surface area (Å²) in [6.07, 6.45) is 3.46. The summed E-state index contributed by atoms with van der Waals surface area (Å²) in [4.78, 5) is 7.97. The molecule has 0 amide bonds. The second kappa shape index (κ2) is 6.50. The van der Waals surface area contributed by atoms with Crippen molar-refractivity contribution in [3.05, 3.63) is 12.3 Å². The molecule has 0 aliphatic heterocycles. The Bertz CT molecular complexity index is 477. The Balaban J connectivity index is 2.35. The van der Waals surface area contributed by atoms with Crippen molar-refractivity contribution < 1.29 is 8.42 Å². The Kier molecular flexibility index (Phi) is 5.29. The molecule has 0 aliphatic carbocycles. The maximum Gasteiger partial charge on any atom is 0.224 e. The molecule has 1 aromatic heterocycles. The van der Waals surface area contributed by atoms with Crippen LogP contribution in [-0.4, -0.2) is 48.6 Å². The molecule has 18 heavy (non-hydrogen) atoms. The molecule has 0 saturated heterocycles. The fourth-order valence-corrected chi connectivity index (χ4v) is 2.40. The van der Waals surface area contributed by atoms with E-state index in [2.05, 4.69) is 15.3 Å². The van der Waals surface area contributed by atoms with E-state index in [4.69, 9.17) is 5.73 Å². The molecule has 102 valence electrons. The summed E-state index contributed by atoms with van der Waals surface area (Å²) >= 11 is 0. The highest BCUT2D eigenvalue weighted by Gasteiger charge is 2.12. The molecule has 0 radical (unpaired) electrons. The quantitative estimate of drug-likeness (QED) is 0.685. The van der Waals surface area contributed by atoms with Crippen LogP contribution in [0.15, 0.2) is 12.3 Å². The highest BCUT2D eigenvalue weighted by molar-refractivity contribution is 7.88. The third kappa shape index (κ3) is 4.84. The molecule has 1 rings (SSSR count). The van der Waals surface area contributed by atoms with E-state index in [1.165, 1.54) is 10.6 Å². The van der Waals surface area contributed by atoms with Gasteiger partial charge >= 0.3 is 0 Å². The first-order valence-electron chi connectivity index (χ1n) is 5.71. The summed E-state index contributed by atoms with van der Waals surface area (Å²) in [6.45, 7) is 3.36. The van der Waals surface area contributed by atoms with E-state index >= 15 is 0 Å². The Morgan fingerprint density at radius 3 is 2.78 bits per heavy atom. The Morgan fingerprint density at radius 1 is 1.50 bits per heavy atom. The minimum Gasteiger partial charge on any atom is -0.384 e. The van der Waals surface area contributed by atoms with Crippen LogP contribution in [0.3, 0.4) is 0 Å². The minimum atomic E-state index is -3.11. The van der Waals surface area contributed by atoms with Crippen molar-refractivity contribution in [2.45, 2.75) is 13.3 Å². The predicted molar refractivity (Wildman–Crippen MR) is 71.6 cm³/mol. The Hall–Kier alpha value is -1.41. The van der Waals surface area contributed by atoms with Crippen molar-refractivity contribution in [2.75, 3.05) is 36.9 Å². The number of nitrogens with one attached hydrogen (secondary N) is 1. The third-order valence-corrected chi connectivity index (χ3v) is 3.75. The first-order chi connectivity index (χ1) is 8.43. The van der Waals surface area contributed by atoms with Gasteiger partial charge in [-0.15, -0.1) is 0 Å². The van der Waals surface area contributed by atoms with Gasteiger partial charge < -0.3 is 11.1 Å². The number of rotatable bonds is 7. The zero-order chi connectivity index (χ0) is 13.6. The highest BCUT2D eigenvalue weighted by atomic mass is 32.2. The molecule has 8 heteroatoms. The maximum absolute atomic E-state index is 11.3. The number of hydrogen-bond acceptors (Lipinski definition) is 6. The van der Waals surface area contributed by atoms with E-state index in [9.17, 15) is 8.42 Å². The molecule has 0 aromatic carbocycles. The smallest absolute Gasteiger partial charge is 0.224 e. The summed E-state index contributed by atoms with van der Waals surface area (Å²) in [5.74, 6) is 0.858. The fraction of sp³-hybridized carbons (Fsp3) is 0.600. The molecule has 0 saturated carbocycles. The van der Waals surface area contributed by atoms with Crippen molar-refractivity contribution in [2.24, 2.45) is 0 Å². The molecule has 7 nitrogen and oxygen atoms in total. The molecule has 0 aliphatic rings. The SMILES string of the molecule is CCN(CCCNc1nccc(N)n1)S(C)(=O)=O. The number of nitrogen functional groups attached to an aromatic ring is 1. The number of sulfonamides is 1. The van der Waals surface area contributed by atoms with E-state index in [1.807, 2.05) is 6.92 Å². The van der Waals surface area contributed by atoms with Crippen LogP contribution in [0.25, 0.3) is 0 Å². The third-order valence-electron chi connectivity index (χ3n) is 2.37. The van der Waals surface area contributed by atoms with Gasteiger partial charge in [0.2, 0.25) is 16.0 Å². The number of nitrogens with zero attached hydrogens (tertiary/aromatic N) is 3. The van der Waals surface area contributed by atoms with Gasteiger partial charge in [-0.2, -0.15) is 4.98 Å². The lowest BCUT2D eigenvalue weighted by molar-refractivity contribution is 0.428. The average molecular weight is 273 g/mol. The van der Waals surface area contributed by atoms with Crippen molar-refractivity contribution in [1.82, 2.24) is 14.3 Å². The fourth-order valence-electron chi connectivity index (χ4n) is 1.47. The van der Waals surface area contributed by atoms with Crippen LogP contribution in [0.2, 0.25) is 0 Å². The first kappa shape index (κ1) is 14.7. The van der Waals surface area contributed by atoms with Crippen molar-refractivity contribution in [1.29, 1.82) is 0 Å². The number of anilines is 2. The monoisotopic (exact) mass is 273 g/mol. The lowest BCUT2D eigenvalue weighted by Crippen LogP contribution is -2.31. The maximum atomic E-state index is 11.3. The summed E-state index contributed by atoms with van der Waals surface area (Å²) in [5.41, 5.74) is 5.51. The molecular formula is C10H19N5O2S. The van der Waals surface area contributed by atoms with Crippen LogP contribution in [-0.2, 0) is 10.0 Å². The summed E-state index contributed by atoms with van der Waals surface area (Å²) in [5, 5.41) is 2.99. The van der Waals surface area contributed by atoms with Crippen molar-refractivity contribution in [3.8, 4) is 0 Å². The molecule has 3 N–H and O–H groups in total. The molecule has 0 atom stereocenters. The normalized spacial score (nSPS) is 11.7. The van der Waals surface area contributed by atoms with Crippen LogP contribution < -0.4 is 11.1 Å². The standard InChI is InChI=1S/C10H19N5O2S/c1-3-15(18(2,16)17)8-4-6-12-10-13-7-5-9(11)14-10/h5,7H,3-4,6,8H2,1-2H3,(H3,11,12,13,14). The highest BCUT2D eigenvalue weighted by Crippen LogP contribution is 2.02. The molecule has 1 aromatic rings. The van der Waals surface area contributed by atoms with Crippen molar-refractivity contribution >= 4 is 21.8 Å². The average Bonchev–Trinajstić information content (AvgIpc) is 2.27. The predicted octanol–water partition coefficient (Wildman–Crippen LogP) is 0.142. The second-order valence-electron chi connectivity index (χ2n) is 3.84. The van der Waals surface area contributed by atoms with Gasteiger partial charge in [-0.1, -0.05) is 6.92 Å². The molecule has 0 spiro atoms. The van der Waals surface area contributed by atoms with Gasteiger partial charge in [0.1, 0.15) is 5.82 Å². The number of hydrogen-bond donors (Lipinski definition) is 2. The first-order valence-corrected chi connectivity index (χ1v) is 7.56. The van der Waals surface area contributed by atoms with Gasteiger partial charge in [0.25, 0.3) is 0 Å². The molecule has 1 heterocycles. The van der Waals surface area contributed by atoms with Crippen LogP contribution in [0.1, 0.15) is 13.3 Å². The van der Waals surface area contributed by atoms with Crippen molar-refractivity contribution in [3.63, 3.8) is 0 Å². The topological polar surface area (TPSA) is 101 Å². The van der Waals surface area contributed by atoms with Gasteiger partial charge in [-0.05, 0) is 12.5 Å². The largest absolute Gasteiger partial charge is 0.384 e. The van der Waals surface area contributed by atoms with Crippen LogP contribution >= 0.6 is 0 Å². The van der Waals surface area contributed by atoms with E-state index in [-0.39, 0.29) is 0 Å². The van der Waals surface area contributed by atoms with Crippen LogP contribution in [0.4, 0.5) is 11.8 Å². The zero-order valence-electron chi connectivity index (χ0n) is 10.6. The van der Waals surface area contributed by atoms with Gasteiger partial charge in [-0.25, -0.2) is 17.7 Å². The Labute approximate surface area is 107 Å².